The molecule has 0 radical (unpaired) electrons. The molecule has 0 fully saturated rings. The van der Waals surface area contributed by atoms with Crippen LogP contribution in [0.25, 0.3) is 0 Å². The van der Waals surface area contributed by atoms with Gasteiger partial charge in [0.1, 0.15) is 4.90 Å². The van der Waals surface area contributed by atoms with Crippen molar-refractivity contribution in [3.63, 3.8) is 0 Å². The Labute approximate surface area is 124 Å². The largest absolute Gasteiger partial charge is 0.398 e. The van der Waals surface area contributed by atoms with E-state index in [1.54, 1.807) is 18.2 Å². The first-order chi connectivity index (χ1) is 9.64. The standard InChI is InChI=1S/C9H12N2O2S.C3H7O3P/c1-2-7-11-14(12,13)9-6-4-3-5-8(9)10;1-2-3-7(4,5)6/h2-6,11H,1,7,10H2;2H,1,3H2,(H2,4,5,6). The van der Waals surface area contributed by atoms with E-state index in [1.165, 1.54) is 18.2 Å². The van der Waals surface area contributed by atoms with E-state index >= 15 is 0 Å². The van der Waals surface area contributed by atoms with Crippen molar-refractivity contribution in [1.29, 1.82) is 0 Å². The van der Waals surface area contributed by atoms with Crippen LogP contribution in [0.4, 0.5) is 5.69 Å². The van der Waals surface area contributed by atoms with Gasteiger partial charge < -0.3 is 15.5 Å². The molecule has 1 rings (SSSR count). The SMILES string of the molecule is C=CCNS(=O)(=O)c1ccccc1N.C=CCP(=O)(O)O. The third-order valence-electron chi connectivity index (χ3n) is 1.99. The van der Waals surface area contributed by atoms with Crippen molar-refractivity contribution in [1.82, 2.24) is 4.72 Å². The maximum atomic E-state index is 11.6. The first-order valence-corrected chi connectivity index (χ1v) is 9.02. The molecule has 0 amide bonds. The third kappa shape index (κ3) is 8.44. The van der Waals surface area contributed by atoms with E-state index in [0.29, 0.717) is 0 Å². The number of benzene rings is 1. The van der Waals surface area contributed by atoms with Gasteiger partial charge in [0.2, 0.25) is 10.0 Å². The van der Waals surface area contributed by atoms with Gasteiger partial charge in [-0.05, 0) is 12.1 Å². The highest BCUT2D eigenvalue weighted by Gasteiger charge is 2.14. The van der Waals surface area contributed by atoms with Gasteiger partial charge in [0, 0.05) is 6.54 Å². The van der Waals surface area contributed by atoms with Gasteiger partial charge in [0.25, 0.3) is 0 Å². The lowest BCUT2D eigenvalue weighted by molar-refractivity contribution is 0.377. The second kappa shape index (κ2) is 8.76. The highest BCUT2D eigenvalue weighted by atomic mass is 32.2. The van der Waals surface area contributed by atoms with Crippen molar-refractivity contribution >= 4 is 23.3 Å². The number of nitrogens with one attached hydrogen (secondary N) is 1. The van der Waals surface area contributed by atoms with Crippen LogP contribution in [-0.2, 0) is 14.6 Å². The van der Waals surface area contributed by atoms with E-state index in [4.69, 9.17) is 15.5 Å². The van der Waals surface area contributed by atoms with Gasteiger partial charge >= 0.3 is 7.60 Å². The maximum absolute atomic E-state index is 11.6. The summed E-state index contributed by atoms with van der Waals surface area (Å²) in [4.78, 5) is 16.2. The summed E-state index contributed by atoms with van der Waals surface area (Å²) < 4.78 is 35.3. The summed E-state index contributed by atoms with van der Waals surface area (Å²) in [5.74, 6) is 0. The number of allylic oxidation sites excluding steroid dienone is 1. The van der Waals surface area contributed by atoms with Crippen molar-refractivity contribution in [2.75, 3.05) is 18.4 Å². The fourth-order valence-electron chi connectivity index (χ4n) is 1.14. The van der Waals surface area contributed by atoms with Crippen LogP contribution in [0, 0.1) is 0 Å². The Morgan fingerprint density at radius 1 is 1.24 bits per heavy atom. The molecular weight excluding hydrogens is 315 g/mol. The first kappa shape index (κ1) is 19.6. The van der Waals surface area contributed by atoms with Crippen molar-refractivity contribution in [2.24, 2.45) is 0 Å². The summed E-state index contributed by atoms with van der Waals surface area (Å²) in [5, 5.41) is 0. The third-order valence-corrected chi connectivity index (χ3v) is 4.22. The highest BCUT2D eigenvalue weighted by Crippen LogP contribution is 2.33. The predicted octanol–water partition coefficient (Wildman–Crippen LogP) is 1.08. The maximum Gasteiger partial charge on any atom is 0.329 e. The number of hydrogen-bond acceptors (Lipinski definition) is 4. The molecular formula is C12H19N2O5PS. The number of sulfonamides is 1. The minimum absolute atomic E-state index is 0.0989. The molecule has 0 bridgehead atoms. The topological polar surface area (TPSA) is 130 Å². The van der Waals surface area contributed by atoms with Crippen LogP contribution in [0.15, 0.2) is 54.5 Å². The van der Waals surface area contributed by atoms with Crippen molar-refractivity contribution in [3.8, 4) is 0 Å². The molecule has 21 heavy (non-hydrogen) atoms. The molecule has 0 aliphatic carbocycles. The average Bonchev–Trinajstić information content (AvgIpc) is 2.36. The molecule has 0 saturated carbocycles. The first-order valence-electron chi connectivity index (χ1n) is 5.74. The molecule has 0 heterocycles. The summed E-state index contributed by atoms with van der Waals surface area (Å²) in [7, 11) is -7.28. The number of nitrogens with two attached hydrogens (primary N) is 1. The summed E-state index contributed by atoms with van der Waals surface area (Å²) in [6.45, 7) is 6.77. The van der Waals surface area contributed by atoms with Crippen LogP contribution in [0.2, 0.25) is 0 Å². The van der Waals surface area contributed by atoms with E-state index in [0.717, 1.165) is 0 Å². The van der Waals surface area contributed by atoms with E-state index in [9.17, 15) is 13.0 Å². The molecule has 7 nitrogen and oxygen atoms in total. The number of anilines is 1. The number of nitrogen functional groups attached to an aromatic ring is 1. The molecule has 5 N–H and O–H groups in total. The summed E-state index contributed by atoms with van der Waals surface area (Å²) >= 11 is 0. The van der Waals surface area contributed by atoms with Gasteiger partial charge in [0.15, 0.2) is 0 Å². The van der Waals surface area contributed by atoms with E-state index in [1.807, 2.05) is 0 Å². The van der Waals surface area contributed by atoms with Gasteiger partial charge in [-0.25, -0.2) is 13.1 Å². The monoisotopic (exact) mass is 334 g/mol. The van der Waals surface area contributed by atoms with Gasteiger partial charge in [0.05, 0.1) is 11.8 Å². The Hall–Kier alpha value is -1.44. The lowest BCUT2D eigenvalue weighted by atomic mass is 10.3. The zero-order valence-corrected chi connectivity index (χ0v) is 13.1. The van der Waals surface area contributed by atoms with Crippen LogP contribution in [0.3, 0.4) is 0 Å². The predicted molar refractivity (Wildman–Crippen MR) is 83.3 cm³/mol. The molecule has 0 aliphatic rings. The van der Waals surface area contributed by atoms with Crippen molar-refractivity contribution in [3.05, 3.63) is 49.6 Å². The smallest absolute Gasteiger partial charge is 0.329 e. The summed E-state index contributed by atoms with van der Waals surface area (Å²) in [5.41, 5.74) is 5.77. The fraction of sp³-hybridized carbons (Fsp3) is 0.167. The number of rotatable bonds is 6. The molecule has 0 saturated heterocycles. The van der Waals surface area contributed by atoms with E-state index in [2.05, 4.69) is 17.9 Å². The second-order valence-corrected chi connectivity index (χ2v) is 7.24. The zero-order chi connectivity index (χ0) is 16.5. The normalized spacial score (nSPS) is 11.1. The van der Waals surface area contributed by atoms with Crippen LogP contribution in [0.1, 0.15) is 0 Å². The van der Waals surface area contributed by atoms with Gasteiger partial charge in [-0.2, -0.15) is 0 Å². The van der Waals surface area contributed by atoms with Gasteiger partial charge in [-0.1, -0.05) is 24.3 Å². The summed E-state index contributed by atoms with van der Waals surface area (Å²) in [6.07, 6.45) is 2.43. The molecule has 0 atom stereocenters. The number of para-hydroxylation sites is 1. The van der Waals surface area contributed by atoms with Crippen molar-refractivity contribution < 1.29 is 22.8 Å². The highest BCUT2D eigenvalue weighted by molar-refractivity contribution is 7.89. The molecule has 0 spiro atoms. The lowest BCUT2D eigenvalue weighted by Crippen LogP contribution is -2.24. The lowest BCUT2D eigenvalue weighted by Gasteiger charge is -2.06. The van der Waals surface area contributed by atoms with Gasteiger partial charge in [-0.15, -0.1) is 13.2 Å². The van der Waals surface area contributed by atoms with Crippen LogP contribution >= 0.6 is 7.60 Å². The molecule has 1 aromatic carbocycles. The van der Waals surface area contributed by atoms with Crippen LogP contribution in [-0.4, -0.2) is 30.9 Å². The molecule has 9 heteroatoms. The molecule has 118 valence electrons. The molecule has 0 aromatic heterocycles. The zero-order valence-electron chi connectivity index (χ0n) is 11.3. The Morgan fingerprint density at radius 3 is 2.19 bits per heavy atom. The average molecular weight is 334 g/mol. The van der Waals surface area contributed by atoms with Crippen LogP contribution in [0.5, 0.6) is 0 Å². The Balaban J connectivity index is 0.000000486. The van der Waals surface area contributed by atoms with E-state index < -0.39 is 17.6 Å². The molecule has 0 aliphatic heterocycles. The van der Waals surface area contributed by atoms with Crippen LogP contribution < -0.4 is 10.5 Å². The fourth-order valence-corrected chi connectivity index (χ4v) is 2.61. The second-order valence-electron chi connectivity index (χ2n) is 3.81. The minimum atomic E-state index is -3.78. The molecule has 0 unspecified atom stereocenters. The van der Waals surface area contributed by atoms with Crippen molar-refractivity contribution in [2.45, 2.75) is 4.90 Å². The Bertz CT molecular complexity index is 624. The molecule has 1 aromatic rings. The van der Waals surface area contributed by atoms with Gasteiger partial charge in [-0.3, -0.25) is 4.57 Å². The Morgan fingerprint density at radius 2 is 1.81 bits per heavy atom. The summed E-state index contributed by atoms with van der Waals surface area (Å²) in [6, 6.07) is 6.31. The number of hydrogen-bond donors (Lipinski definition) is 4. The quantitative estimate of drug-likeness (QED) is 0.350. The Kier molecular flexibility index (Phi) is 8.16. The minimum Gasteiger partial charge on any atom is -0.398 e. The van der Waals surface area contributed by atoms with E-state index in [-0.39, 0.29) is 23.3 Å².